The molecule has 1 aliphatic carbocycles. The van der Waals surface area contributed by atoms with Crippen molar-refractivity contribution in [3.63, 3.8) is 0 Å². The molecule has 2 aliphatic heterocycles. The van der Waals surface area contributed by atoms with Gasteiger partial charge in [-0.2, -0.15) is 0 Å². The van der Waals surface area contributed by atoms with Gasteiger partial charge in [0.1, 0.15) is 32.2 Å². The highest BCUT2D eigenvalue weighted by Gasteiger charge is 2.44. The molecule has 1 unspecified atom stereocenters. The van der Waals surface area contributed by atoms with Gasteiger partial charge in [0.15, 0.2) is 17.3 Å². The van der Waals surface area contributed by atoms with E-state index in [4.69, 9.17) is 18.9 Å². The third kappa shape index (κ3) is 5.51. The Morgan fingerprint density at radius 1 is 0.500 bits per heavy atom. The average Bonchev–Trinajstić information content (AvgIpc) is 3.14. The molecule has 0 spiro atoms. The van der Waals surface area contributed by atoms with Crippen molar-refractivity contribution in [3.8, 4) is 11.5 Å². The van der Waals surface area contributed by atoms with Crippen molar-refractivity contribution in [2.45, 2.75) is 11.6 Å². The predicted molar refractivity (Wildman–Crippen MR) is 190 cm³/mol. The summed E-state index contributed by atoms with van der Waals surface area (Å²) in [5, 5.41) is 6.46. The van der Waals surface area contributed by atoms with Crippen LogP contribution >= 0.6 is 15.8 Å². The number of hydrogen-bond acceptors (Lipinski definition) is 4. The Hall–Kier alpha value is -4.36. The summed E-state index contributed by atoms with van der Waals surface area (Å²) in [6.45, 7) is 2.08. The van der Waals surface area contributed by atoms with E-state index in [1.807, 2.05) is 0 Å². The van der Waals surface area contributed by atoms with Crippen LogP contribution in [0.25, 0.3) is 0 Å². The molecule has 6 heteroatoms. The predicted octanol–water partition coefficient (Wildman–Crippen LogP) is 6.63. The molecule has 0 saturated heterocycles. The number of ether oxygens (including phenoxy) is 4. The van der Waals surface area contributed by atoms with Crippen LogP contribution in [0.15, 0.2) is 157 Å². The first-order valence-corrected chi connectivity index (χ1v) is 18.5. The fourth-order valence-corrected chi connectivity index (χ4v) is 12.0. The number of benzene rings is 5. The minimum atomic E-state index is -0.950. The van der Waals surface area contributed by atoms with Crippen molar-refractivity contribution in [1.82, 2.24) is 0 Å². The SMILES string of the molecule is C1=C[C@@H](P(c2ccccc2)c2ccccc2)C(c2c(P(c3ccccc3)c3ccccc3)ccc3c2OCCO3)C2=C1OCCO2. The van der Waals surface area contributed by atoms with Gasteiger partial charge in [-0.3, -0.25) is 0 Å². The molecule has 0 N–H and O–H groups in total. The molecule has 0 radical (unpaired) electrons. The minimum Gasteiger partial charge on any atom is -0.490 e. The normalized spacial score (nSPS) is 18.6. The highest BCUT2D eigenvalue weighted by Crippen LogP contribution is 2.56. The second-order valence-corrected chi connectivity index (χ2v) is 15.9. The maximum atomic E-state index is 6.66. The molecule has 8 rings (SSSR count). The van der Waals surface area contributed by atoms with Gasteiger partial charge in [0, 0.05) is 11.2 Å². The summed E-state index contributed by atoms with van der Waals surface area (Å²) < 4.78 is 25.9. The van der Waals surface area contributed by atoms with E-state index >= 15 is 0 Å². The summed E-state index contributed by atoms with van der Waals surface area (Å²) in [5.74, 6) is 3.16. The van der Waals surface area contributed by atoms with Gasteiger partial charge in [0.2, 0.25) is 0 Å². The lowest BCUT2D eigenvalue weighted by molar-refractivity contribution is 0.0579. The van der Waals surface area contributed by atoms with Crippen LogP contribution in [0.5, 0.6) is 11.5 Å². The van der Waals surface area contributed by atoms with Crippen molar-refractivity contribution in [3.05, 3.63) is 163 Å². The summed E-state index contributed by atoms with van der Waals surface area (Å²) in [4.78, 5) is 0. The van der Waals surface area contributed by atoms with E-state index in [0.717, 1.165) is 28.6 Å². The molecule has 5 aromatic carbocycles. The lowest BCUT2D eigenvalue weighted by Crippen LogP contribution is -2.36. The second kappa shape index (κ2) is 13.2. The van der Waals surface area contributed by atoms with E-state index in [0.29, 0.717) is 26.4 Å². The van der Waals surface area contributed by atoms with E-state index in [-0.39, 0.29) is 11.6 Å². The van der Waals surface area contributed by atoms with Crippen LogP contribution in [0, 0.1) is 0 Å². The van der Waals surface area contributed by atoms with Crippen LogP contribution in [0.2, 0.25) is 0 Å². The van der Waals surface area contributed by atoms with Crippen molar-refractivity contribution < 1.29 is 18.9 Å². The fourth-order valence-electron chi connectivity index (χ4n) is 6.68. The minimum absolute atomic E-state index is 0.0689. The molecule has 0 amide bonds. The van der Waals surface area contributed by atoms with Crippen LogP contribution < -0.4 is 36.0 Å². The molecule has 0 bridgehead atoms. The van der Waals surface area contributed by atoms with Crippen molar-refractivity contribution >= 4 is 42.4 Å². The van der Waals surface area contributed by atoms with Crippen LogP contribution in [0.1, 0.15) is 11.5 Å². The van der Waals surface area contributed by atoms with Gasteiger partial charge in [0.25, 0.3) is 0 Å². The molecule has 0 aromatic heterocycles. The molecule has 0 saturated carbocycles. The Bertz CT molecular complexity index is 1780. The highest BCUT2D eigenvalue weighted by molar-refractivity contribution is 7.80. The third-order valence-corrected chi connectivity index (χ3v) is 13.9. The molecule has 0 fully saturated rings. The van der Waals surface area contributed by atoms with E-state index in [9.17, 15) is 0 Å². The molecular weight excluding hydrogens is 606 g/mol. The van der Waals surface area contributed by atoms with E-state index in [1.165, 1.54) is 26.5 Å². The molecule has 4 nitrogen and oxygen atoms in total. The second-order valence-electron chi connectivity index (χ2n) is 11.3. The summed E-state index contributed by atoms with van der Waals surface area (Å²) >= 11 is 0. The summed E-state index contributed by atoms with van der Waals surface area (Å²) in [6, 6.07) is 48.0. The van der Waals surface area contributed by atoms with Crippen LogP contribution in [0.4, 0.5) is 0 Å². The van der Waals surface area contributed by atoms with E-state index < -0.39 is 15.8 Å². The Labute approximate surface area is 272 Å². The van der Waals surface area contributed by atoms with Gasteiger partial charge >= 0.3 is 0 Å². The van der Waals surface area contributed by atoms with Crippen molar-refractivity contribution in [1.29, 1.82) is 0 Å². The first kappa shape index (κ1) is 29.1. The molecule has 3 aliphatic rings. The fraction of sp³-hybridized carbons (Fsp3) is 0.150. The van der Waals surface area contributed by atoms with Crippen molar-refractivity contribution in [2.75, 3.05) is 26.4 Å². The number of allylic oxidation sites excluding steroid dienone is 3. The monoisotopic (exact) mass is 640 g/mol. The Morgan fingerprint density at radius 2 is 1.02 bits per heavy atom. The first-order valence-electron chi connectivity index (χ1n) is 15.8. The third-order valence-electron chi connectivity index (χ3n) is 8.58. The van der Waals surface area contributed by atoms with Crippen molar-refractivity contribution in [2.24, 2.45) is 0 Å². The van der Waals surface area contributed by atoms with E-state index in [2.05, 4.69) is 146 Å². The lowest BCUT2D eigenvalue weighted by Gasteiger charge is -2.41. The number of fused-ring (bicyclic) bond motifs is 1. The maximum absolute atomic E-state index is 6.66. The Balaban J connectivity index is 1.41. The highest BCUT2D eigenvalue weighted by atomic mass is 31.1. The van der Waals surface area contributed by atoms with Gasteiger partial charge in [-0.25, -0.2) is 0 Å². The lowest BCUT2D eigenvalue weighted by atomic mass is 9.88. The van der Waals surface area contributed by atoms with Gasteiger partial charge in [-0.1, -0.05) is 127 Å². The zero-order valence-electron chi connectivity index (χ0n) is 25.4. The summed E-state index contributed by atoms with van der Waals surface area (Å²) in [6.07, 6.45) is 4.50. The first-order chi connectivity index (χ1) is 22.9. The molecule has 5 aromatic rings. The molecule has 46 heavy (non-hydrogen) atoms. The van der Waals surface area contributed by atoms with Crippen LogP contribution in [-0.4, -0.2) is 32.1 Å². The summed E-state index contributed by atoms with van der Waals surface area (Å²) in [5.41, 5.74) is 1.21. The summed E-state index contributed by atoms with van der Waals surface area (Å²) in [7, 11) is -1.81. The quantitative estimate of drug-likeness (QED) is 0.187. The van der Waals surface area contributed by atoms with Crippen LogP contribution in [0.3, 0.4) is 0 Å². The maximum Gasteiger partial charge on any atom is 0.165 e. The average molecular weight is 641 g/mol. The van der Waals surface area contributed by atoms with Gasteiger partial charge in [-0.15, -0.1) is 0 Å². The van der Waals surface area contributed by atoms with Crippen LogP contribution in [-0.2, 0) is 9.47 Å². The Morgan fingerprint density at radius 3 is 1.63 bits per heavy atom. The topological polar surface area (TPSA) is 36.9 Å². The zero-order valence-corrected chi connectivity index (χ0v) is 27.2. The van der Waals surface area contributed by atoms with Gasteiger partial charge in [-0.05, 0) is 60.6 Å². The Kier molecular flexibility index (Phi) is 8.32. The molecule has 2 heterocycles. The number of rotatable bonds is 7. The smallest absolute Gasteiger partial charge is 0.165 e. The van der Waals surface area contributed by atoms with Gasteiger partial charge in [0.05, 0.1) is 5.92 Å². The van der Waals surface area contributed by atoms with E-state index in [1.54, 1.807) is 0 Å². The largest absolute Gasteiger partial charge is 0.490 e. The molecule has 2 atom stereocenters. The van der Waals surface area contributed by atoms with Gasteiger partial charge < -0.3 is 18.9 Å². The number of hydrogen-bond donors (Lipinski definition) is 0. The zero-order chi connectivity index (χ0) is 30.7. The standard InChI is InChI=1S/C40H34O4P2/c1-5-13-29(14-6-1)45(30-15-7-2-8-16-30)35-23-21-33-39(43-27-25-41-33)37(35)38-36(24-22-34-40(38)44-28-26-42-34)46(31-17-9-3-10-18-31)32-19-11-4-12-20-32/h1-24,35,37H,25-28H2/t35-,37?/m1/s1. The molecular formula is C40H34O4P2. The molecule has 228 valence electrons.